The highest BCUT2D eigenvalue weighted by Gasteiger charge is 2.29. The highest BCUT2D eigenvalue weighted by atomic mass is 32.2. The molecule has 0 spiro atoms. The van der Waals surface area contributed by atoms with Gasteiger partial charge in [0.2, 0.25) is 0 Å². The molecule has 2 aromatic carbocycles. The summed E-state index contributed by atoms with van der Waals surface area (Å²) < 4.78 is 0. The smallest absolute Gasteiger partial charge is 0.139 e. The third-order valence-electron chi connectivity index (χ3n) is 3.71. The summed E-state index contributed by atoms with van der Waals surface area (Å²) in [6, 6.07) is 18.0. The van der Waals surface area contributed by atoms with Crippen molar-refractivity contribution in [2.24, 2.45) is 0 Å². The molecule has 2 aromatic rings. The Kier molecular flexibility index (Phi) is 4.95. The summed E-state index contributed by atoms with van der Waals surface area (Å²) in [5.74, 6) is 0. The van der Waals surface area contributed by atoms with Gasteiger partial charge in [-0.3, -0.25) is 10.6 Å². The molecule has 122 valence electrons. The maximum absolute atomic E-state index is 3.67. The highest BCUT2D eigenvalue weighted by molar-refractivity contribution is 7.99. The SMILES string of the molecule is CC(C)NC(NC(C)C)N1c2ccccc2Sc2ccccc21. The molecule has 0 aliphatic carbocycles. The molecule has 0 atom stereocenters. The van der Waals surface area contributed by atoms with Crippen LogP contribution in [-0.2, 0) is 0 Å². The first-order valence-corrected chi connectivity index (χ1v) is 9.05. The molecule has 1 heterocycles. The van der Waals surface area contributed by atoms with Crippen molar-refractivity contribution in [1.29, 1.82) is 0 Å². The van der Waals surface area contributed by atoms with E-state index in [0.717, 1.165) is 0 Å². The predicted molar refractivity (Wildman–Crippen MR) is 99.5 cm³/mol. The van der Waals surface area contributed by atoms with E-state index < -0.39 is 0 Å². The van der Waals surface area contributed by atoms with E-state index in [0.29, 0.717) is 12.1 Å². The van der Waals surface area contributed by atoms with Crippen molar-refractivity contribution in [2.45, 2.75) is 55.9 Å². The van der Waals surface area contributed by atoms with Gasteiger partial charge in [0.05, 0.1) is 11.4 Å². The molecule has 1 aliphatic heterocycles. The van der Waals surface area contributed by atoms with Crippen LogP contribution in [0.4, 0.5) is 11.4 Å². The van der Waals surface area contributed by atoms with Crippen molar-refractivity contribution in [3.05, 3.63) is 48.5 Å². The largest absolute Gasteiger partial charge is 0.310 e. The third-order valence-corrected chi connectivity index (χ3v) is 4.84. The van der Waals surface area contributed by atoms with Crippen molar-refractivity contribution in [2.75, 3.05) is 4.90 Å². The summed E-state index contributed by atoms with van der Waals surface area (Å²) in [5, 5.41) is 7.34. The van der Waals surface area contributed by atoms with E-state index in [9.17, 15) is 0 Å². The molecule has 0 unspecified atom stereocenters. The van der Waals surface area contributed by atoms with Gasteiger partial charge in [0, 0.05) is 21.9 Å². The first-order chi connectivity index (χ1) is 11.1. The van der Waals surface area contributed by atoms with E-state index in [1.807, 2.05) is 11.8 Å². The fourth-order valence-corrected chi connectivity index (χ4v) is 3.91. The molecule has 0 aromatic heterocycles. The number of para-hydroxylation sites is 2. The number of rotatable bonds is 5. The summed E-state index contributed by atoms with van der Waals surface area (Å²) in [5.41, 5.74) is 2.50. The second-order valence-corrected chi connectivity index (χ2v) is 7.54. The first kappa shape index (κ1) is 16.4. The van der Waals surface area contributed by atoms with Gasteiger partial charge in [-0.1, -0.05) is 36.0 Å². The van der Waals surface area contributed by atoms with Gasteiger partial charge in [-0.15, -0.1) is 0 Å². The number of anilines is 2. The van der Waals surface area contributed by atoms with Crippen LogP contribution in [0, 0.1) is 0 Å². The van der Waals surface area contributed by atoms with Crippen molar-refractivity contribution in [3.63, 3.8) is 0 Å². The normalized spacial score (nSPS) is 13.6. The molecule has 0 saturated heterocycles. The Balaban J connectivity index is 2.08. The molecule has 0 amide bonds. The first-order valence-electron chi connectivity index (χ1n) is 8.23. The average molecular weight is 327 g/mol. The minimum atomic E-state index is 0.0539. The summed E-state index contributed by atoms with van der Waals surface area (Å²) in [6.45, 7) is 8.74. The number of hydrogen-bond donors (Lipinski definition) is 2. The lowest BCUT2D eigenvalue weighted by atomic mass is 10.2. The minimum absolute atomic E-state index is 0.0539. The second-order valence-electron chi connectivity index (χ2n) is 6.45. The molecule has 23 heavy (non-hydrogen) atoms. The van der Waals surface area contributed by atoms with Crippen LogP contribution in [0.1, 0.15) is 27.7 Å². The molecule has 4 heteroatoms. The fraction of sp³-hybridized carbons (Fsp3) is 0.368. The lowest BCUT2D eigenvalue weighted by molar-refractivity contribution is 0.368. The molecule has 2 N–H and O–H groups in total. The Morgan fingerprint density at radius 1 is 0.739 bits per heavy atom. The van der Waals surface area contributed by atoms with Crippen LogP contribution in [0.3, 0.4) is 0 Å². The maximum atomic E-state index is 3.67. The lowest BCUT2D eigenvalue weighted by Gasteiger charge is -2.41. The molecular weight excluding hydrogens is 302 g/mol. The summed E-state index contributed by atoms with van der Waals surface area (Å²) >= 11 is 1.84. The summed E-state index contributed by atoms with van der Waals surface area (Å²) in [6.07, 6.45) is 0.0539. The Bertz CT molecular complexity index is 614. The standard InChI is InChI=1S/C19H25N3S/c1-13(2)20-19(21-14(3)4)22-15-9-5-7-11-17(15)23-18-12-8-6-10-16(18)22/h5-14,19-21H,1-4H3. The maximum Gasteiger partial charge on any atom is 0.139 e. The Hall–Kier alpha value is -1.49. The van der Waals surface area contributed by atoms with Crippen LogP contribution in [0.2, 0.25) is 0 Å². The quantitative estimate of drug-likeness (QED) is 0.787. The van der Waals surface area contributed by atoms with Crippen LogP contribution in [0.25, 0.3) is 0 Å². The zero-order valence-electron chi connectivity index (χ0n) is 14.2. The van der Waals surface area contributed by atoms with Gasteiger partial charge in [-0.25, -0.2) is 0 Å². The van der Waals surface area contributed by atoms with Crippen molar-refractivity contribution in [3.8, 4) is 0 Å². The van der Waals surface area contributed by atoms with Crippen LogP contribution < -0.4 is 15.5 Å². The van der Waals surface area contributed by atoms with Crippen LogP contribution >= 0.6 is 11.8 Å². The van der Waals surface area contributed by atoms with Gasteiger partial charge < -0.3 is 4.90 Å². The summed E-state index contributed by atoms with van der Waals surface area (Å²) in [4.78, 5) is 4.99. The fourth-order valence-electron chi connectivity index (χ4n) is 2.84. The summed E-state index contributed by atoms with van der Waals surface area (Å²) in [7, 11) is 0. The highest BCUT2D eigenvalue weighted by Crippen LogP contribution is 2.48. The van der Waals surface area contributed by atoms with E-state index >= 15 is 0 Å². The predicted octanol–water partition coefficient (Wildman–Crippen LogP) is 4.57. The average Bonchev–Trinajstić information content (AvgIpc) is 2.51. The molecule has 3 nitrogen and oxygen atoms in total. The third kappa shape index (κ3) is 3.55. The Morgan fingerprint density at radius 2 is 1.17 bits per heavy atom. The molecule has 0 radical (unpaired) electrons. The molecule has 3 rings (SSSR count). The van der Waals surface area contributed by atoms with Gasteiger partial charge in [0.1, 0.15) is 6.29 Å². The number of nitrogens with zero attached hydrogens (tertiary/aromatic N) is 1. The van der Waals surface area contributed by atoms with E-state index in [1.54, 1.807) is 0 Å². The Morgan fingerprint density at radius 3 is 1.61 bits per heavy atom. The van der Waals surface area contributed by atoms with Gasteiger partial charge >= 0.3 is 0 Å². The van der Waals surface area contributed by atoms with Crippen molar-refractivity contribution < 1.29 is 0 Å². The molecule has 0 fully saturated rings. The topological polar surface area (TPSA) is 27.3 Å². The molecule has 0 saturated carbocycles. The van der Waals surface area contributed by atoms with Crippen molar-refractivity contribution >= 4 is 23.1 Å². The van der Waals surface area contributed by atoms with Gasteiger partial charge in [0.15, 0.2) is 0 Å². The van der Waals surface area contributed by atoms with E-state index in [4.69, 9.17) is 0 Å². The zero-order chi connectivity index (χ0) is 16.4. The molecule has 0 bridgehead atoms. The number of fused-ring (bicyclic) bond motifs is 2. The van der Waals surface area contributed by atoms with Crippen molar-refractivity contribution in [1.82, 2.24) is 10.6 Å². The van der Waals surface area contributed by atoms with Gasteiger partial charge in [-0.2, -0.15) is 0 Å². The zero-order valence-corrected chi connectivity index (χ0v) is 15.0. The number of hydrogen-bond acceptors (Lipinski definition) is 4. The van der Waals surface area contributed by atoms with Gasteiger partial charge in [0.25, 0.3) is 0 Å². The van der Waals surface area contributed by atoms with E-state index in [-0.39, 0.29) is 6.29 Å². The monoisotopic (exact) mass is 327 g/mol. The molecule has 1 aliphatic rings. The second kappa shape index (κ2) is 6.95. The number of benzene rings is 2. The lowest BCUT2D eigenvalue weighted by Crippen LogP contribution is -2.57. The van der Waals surface area contributed by atoms with E-state index in [2.05, 4.69) is 91.8 Å². The Labute approximate surface area is 143 Å². The van der Waals surface area contributed by atoms with Crippen LogP contribution in [0.15, 0.2) is 58.3 Å². The van der Waals surface area contributed by atoms with E-state index in [1.165, 1.54) is 21.2 Å². The van der Waals surface area contributed by atoms with Crippen LogP contribution in [0.5, 0.6) is 0 Å². The minimum Gasteiger partial charge on any atom is -0.310 e. The van der Waals surface area contributed by atoms with Crippen LogP contribution in [-0.4, -0.2) is 18.4 Å². The number of nitrogens with one attached hydrogen (secondary N) is 2. The van der Waals surface area contributed by atoms with Gasteiger partial charge in [-0.05, 0) is 52.0 Å². The molecular formula is C19H25N3S.